The van der Waals surface area contributed by atoms with E-state index in [4.69, 9.17) is 16.3 Å². The minimum absolute atomic E-state index is 0.0766. The predicted octanol–water partition coefficient (Wildman–Crippen LogP) is 4.26. The first-order valence-corrected chi connectivity index (χ1v) is 9.91. The lowest BCUT2D eigenvalue weighted by atomic mass is 10.3. The molecule has 142 valence electrons. The lowest BCUT2D eigenvalue weighted by molar-refractivity contribution is -0.120. The third kappa shape index (κ3) is 4.16. The zero-order chi connectivity index (χ0) is 19.3. The van der Waals surface area contributed by atoms with Crippen molar-refractivity contribution in [1.82, 2.24) is 14.8 Å². The average molecular weight is 413 g/mol. The van der Waals surface area contributed by atoms with E-state index in [0.717, 1.165) is 4.70 Å². The monoisotopic (exact) mass is 412 g/mol. The van der Waals surface area contributed by atoms with Crippen molar-refractivity contribution in [2.24, 2.45) is 0 Å². The summed E-state index contributed by atoms with van der Waals surface area (Å²) >= 11 is 7.69. The Hall–Kier alpha value is -2.90. The van der Waals surface area contributed by atoms with E-state index in [1.165, 1.54) is 11.3 Å². The first-order valence-electron chi connectivity index (χ1n) is 8.71. The van der Waals surface area contributed by atoms with Crippen LogP contribution in [0.15, 0.2) is 67.0 Å². The standard InChI is InChI=1S/C20H17ClN4O2S/c21-16-8-4-9-17-19(16)23-20(28-17)25(13-12-24-11-5-10-22-24)18(26)14-27-15-6-2-1-3-7-15/h1-11H,12-14H2. The fourth-order valence-electron chi connectivity index (χ4n) is 2.72. The van der Waals surface area contributed by atoms with Crippen LogP contribution < -0.4 is 9.64 Å². The molecular weight excluding hydrogens is 396 g/mol. The van der Waals surface area contributed by atoms with Crippen LogP contribution in [0.25, 0.3) is 10.2 Å². The van der Waals surface area contributed by atoms with Crippen LogP contribution in [-0.4, -0.2) is 33.8 Å². The van der Waals surface area contributed by atoms with E-state index >= 15 is 0 Å². The number of fused-ring (bicyclic) bond motifs is 1. The molecular formula is C20H17ClN4O2S. The van der Waals surface area contributed by atoms with Gasteiger partial charge < -0.3 is 4.74 Å². The van der Waals surface area contributed by atoms with Gasteiger partial charge in [0, 0.05) is 18.9 Å². The maximum absolute atomic E-state index is 12.9. The number of hydrogen-bond acceptors (Lipinski definition) is 5. The minimum Gasteiger partial charge on any atom is -0.484 e. The van der Waals surface area contributed by atoms with Gasteiger partial charge in [0.15, 0.2) is 11.7 Å². The quantitative estimate of drug-likeness (QED) is 0.455. The summed E-state index contributed by atoms with van der Waals surface area (Å²) in [5.41, 5.74) is 0.699. The van der Waals surface area contributed by atoms with Gasteiger partial charge in [0.25, 0.3) is 5.91 Å². The normalized spacial score (nSPS) is 10.9. The van der Waals surface area contributed by atoms with Gasteiger partial charge in [0.2, 0.25) is 0 Å². The second-order valence-electron chi connectivity index (χ2n) is 6.00. The highest BCUT2D eigenvalue weighted by atomic mass is 35.5. The summed E-state index contributed by atoms with van der Waals surface area (Å²) in [6, 6.07) is 16.7. The van der Waals surface area contributed by atoms with Gasteiger partial charge in [0.1, 0.15) is 11.3 Å². The number of anilines is 1. The zero-order valence-corrected chi connectivity index (χ0v) is 16.4. The van der Waals surface area contributed by atoms with Gasteiger partial charge in [-0.05, 0) is 30.3 Å². The van der Waals surface area contributed by atoms with E-state index in [0.29, 0.717) is 34.5 Å². The summed E-state index contributed by atoms with van der Waals surface area (Å²) in [7, 11) is 0. The zero-order valence-electron chi connectivity index (χ0n) is 14.9. The van der Waals surface area contributed by atoms with Crippen molar-refractivity contribution >= 4 is 44.2 Å². The van der Waals surface area contributed by atoms with Crippen LogP contribution >= 0.6 is 22.9 Å². The Morgan fingerprint density at radius 1 is 1.14 bits per heavy atom. The van der Waals surface area contributed by atoms with Crippen LogP contribution in [0.2, 0.25) is 5.02 Å². The molecule has 2 aromatic heterocycles. The lowest BCUT2D eigenvalue weighted by Gasteiger charge is -2.20. The van der Waals surface area contributed by atoms with Crippen molar-refractivity contribution in [3.8, 4) is 5.75 Å². The van der Waals surface area contributed by atoms with Crippen molar-refractivity contribution < 1.29 is 9.53 Å². The Kier molecular flexibility index (Phi) is 5.55. The minimum atomic E-state index is -0.175. The maximum atomic E-state index is 12.9. The lowest BCUT2D eigenvalue weighted by Crippen LogP contribution is -2.37. The van der Waals surface area contributed by atoms with Gasteiger partial charge in [-0.2, -0.15) is 5.10 Å². The van der Waals surface area contributed by atoms with E-state index in [2.05, 4.69) is 10.1 Å². The predicted molar refractivity (Wildman–Crippen MR) is 111 cm³/mol. The summed E-state index contributed by atoms with van der Waals surface area (Å²) in [5.74, 6) is 0.474. The van der Waals surface area contributed by atoms with Crippen LogP contribution in [0.3, 0.4) is 0 Å². The molecule has 0 fully saturated rings. The van der Waals surface area contributed by atoms with Crippen molar-refractivity contribution in [3.05, 3.63) is 72.0 Å². The number of carbonyl (C=O) groups excluding carboxylic acids is 1. The van der Waals surface area contributed by atoms with E-state index in [1.807, 2.05) is 54.7 Å². The molecule has 2 aromatic carbocycles. The molecule has 4 aromatic rings. The number of thiazole rings is 1. The first kappa shape index (κ1) is 18.5. The third-order valence-corrected chi connectivity index (χ3v) is 5.46. The molecule has 6 nitrogen and oxygen atoms in total. The number of carbonyl (C=O) groups is 1. The summed E-state index contributed by atoms with van der Waals surface area (Å²) < 4.78 is 8.35. The first-order chi connectivity index (χ1) is 13.7. The summed E-state index contributed by atoms with van der Waals surface area (Å²) in [6.45, 7) is 0.899. The number of nitrogens with zero attached hydrogens (tertiary/aromatic N) is 4. The highest BCUT2D eigenvalue weighted by Crippen LogP contribution is 2.32. The Labute approximate surface area is 170 Å². The van der Waals surface area contributed by atoms with Crippen molar-refractivity contribution in [1.29, 1.82) is 0 Å². The number of rotatable bonds is 7. The number of para-hydroxylation sites is 2. The Balaban J connectivity index is 1.56. The van der Waals surface area contributed by atoms with Gasteiger partial charge >= 0.3 is 0 Å². The molecule has 1 amide bonds. The van der Waals surface area contributed by atoms with Gasteiger partial charge in [-0.3, -0.25) is 14.4 Å². The molecule has 2 heterocycles. The smallest absolute Gasteiger partial charge is 0.266 e. The molecule has 0 aliphatic heterocycles. The molecule has 0 atom stereocenters. The maximum Gasteiger partial charge on any atom is 0.266 e. The average Bonchev–Trinajstić information content (AvgIpc) is 3.38. The highest BCUT2D eigenvalue weighted by Gasteiger charge is 2.21. The summed E-state index contributed by atoms with van der Waals surface area (Å²) in [6.07, 6.45) is 3.57. The molecule has 8 heteroatoms. The third-order valence-electron chi connectivity index (χ3n) is 4.11. The molecule has 0 aliphatic carbocycles. The van der Waals surface area contributed by atoms with E-state index < -0.39 is 0 Å². The molecule has 4 rings (SSSR count). The summed E-state index contributed by atoms with van der Waals surface area (Å²) in [5, 5.41) is 5.36. The van der Waals surface area contributed by atoms with Gasteiger partial charge in [-0.15, -0.1) is 0 Å². The Bertz CT molecular complexity index is 1070. The van der Waals surface area contributed by atoms with Crippen LogP contribution in [0.4, 0.5) is 5.13 Å². The van der Waals surface area contributed by atoms with E-state index in [1.54, 1.807) is 21.8 Å². The van der Waals surface area contributed by atoms with Crippen LogP contribution in [0.5, 0.6) is 5.75 Å². The largest absolute Gasteiger partial charge is 0.484 e. The Morgan fingerprint density at radius 3 is 2.75 bits per heavy atom. The number of halogens is 1. The van der Waals surface area contributed by atoms with Crippen molar-refractivity contribution in [3.63, 3.8) is 0 Å². The second-order valence-corrected chi connectivity index (χ2v) is 7.42. The van der Waals surface area contributed by atoms with Crippen molar-refractivity contribution in [2.75, 3.05) is 18.1 Å². The SMILES string of the molecule is O=C(COc1ccccc1)N(CCn1cccn1)c1nc2c(Cl)cccc2s1. The highest BCUT2D eigenvalue weighted by molar-refractivity contribution is 7.22. The number of amides is 1. The van der Waals surface area contributed by atoms with Gasteiger partial charge in [-0.25, -0.2) is 4.98 Å². The van der Waals surface area contributed by atoms with Gasteiger partial charge in [0.05, 0.1) is 16.3 Å². The molecule has 0 bridgehead atoms. The topological polar surface area (TPSA) is 60.2 Å². The molecule has 0 saturated carbocycles. The molecule has 0 unspecified atom stereocenters. The molecule has 0 N–H and O–H groups in total. The van der Waals surface area contributed by atoms with Crippen LogP contribution in [0.1, 0.15) is 0 Å². The van der Waals surface area contributed by atoms with E-state index in [9.17, 15) is 4.79 Å². The molecule has 28 heavy (non-hydrogen) atoms. The number of ether oxygens (including phenoxy) is 1. The Morgan fingerprint density at radius 2 is 2.00 bits per heavy atom. The van der Waals surface area contributed by atoms with Crippen LogP contribution in [0, 0.1) is 0 Å². The molecule has 0 radical (unpaired) electrons. The van der Waals surface area contributed by atoms with Gasteiger partial charge in [-0.1, -0.05) is 47.2 Å². The number of aromatic nitrogens is 3. The van der Waals surface area contributed by atoms with Crippen molar-refractivity contribution in [2.45, 2.75) is 6.54 Å². The van der Waals surface area contributed by atoms with Crippen LogP contribution in [-0.2, 0) is 11.3 Å². The number of hydrogen-bond donors (Lipinski definition) is 0. The molecule has 0 spiro atoms. The summed E-state index contributed by atoms with van der Waals surface area (Å²) in [4.78, 5) is 19.2. The second kappa shape index (κ2) is 8.41. The number of benzene rings is 2. The fourth-order valence-corrected chi connectivity index (χ4v) is 4.03. The fraction of sp³-hybridized carbons (Fsp3) is 0.150. The van der Waals surface area contributed by atoms with E-state index in [-0.39, 0.29) is 12.5 Å². The molecule has 0 aliphatic rings. The molecule has 0 saturated heterocycles.